The second kappa shape index (κ2) is 6.74. The molecular weight excluding hydrogens is 272 g/mol. The number of nitrogens with zero attached hydrogens (tertiary/aromatic N) is 1. The van der Waals surface area contributed by atoms with Crippen LogP contribution in [0.15, 0.2) is 18.2 Å². The maximum Gasteiger partial charge on any atom is 0.129 e. The molecule has 1 nitrogen and oxygen atoms in total. The Balaban J connectivity index is 2.11. The van der Waals surface area contributed by atoms with Gasteiger partial charge in [0.15, 0.2) is 0 Å². The second-order valence-corrected chi connectivity index (χ2v) is 5.58. The van der Waals surface area contributed by atoms with Crippen molar-refractivity contribution in [3.05, 3.63) is 34.6 Å². The zero-order valence-corrected chi connectivity index (χ0v) is 11.9. The fourth-order valence-corrected chi connectivity index (χ4v) is 3.08. The van der Waals surface area contributed by atoms with Gasteiger partial charge in [-0.3, -0.25) is 4.90 Å². The van der Waals surface area contributed by atoms with E-state index in [-0.39, 0.29) is 5.82 Å². The molecule has 1 saturated heterocycles. The van der Waals surface area contributed by atoms with Crippen LogP contribution in [0.3, 0.4) is 0 Å². The highest BCUT2D eigenvalue weighted by Crippen LogP contribution is 2.26. The lowest BCUT2D eigenvalue weighted by Gasteiger charge is -2.35. The zero-order valence-electron chi connectivity index (χ0n) is 10.3. The third kappa shape index (κ3) is 3.37. The normalized spacial score (nSPS) is 21.2. The molecule has 1 aromatic carbocycles. The molecule has 0 amide bonds. The Morgan fingerprint density at radius 3 is 2.89 bits per heavy atom. The number of alkyl halides is 1. The van der Waals surface area contributed by atoms with E-state index in [1.54, 1.807) is 12.1 Å². The van der Waals surface area contributed by atoms with Crippen LogP contribution in [0.2, 0.25) is 5.02 Å². The Hall–Kier alpha value is -0.310. The van der Waals surface area contributed by atoms with E-state index < -0.39 is 0 Å². The van der Waals surface area contributed by atoms with Gasteiger partial charge in [-0.05, 0) is 37.9 Å². The number of piperidine rings is 1. The Morgan fingerprint density at radius 2 is 2.17 bits per heavy atom. The van der Waals surface area contributed by atoms with E-state index in [0.717, 1.165) is 19.4 Å². The van der Waals surface area contributed by atoms with Gasteiger partial charge in [0.05, 0.1) is 0 Å². The van der Waals surface area contributed by atoms with Crippen molar-refractivity contribution in [1.29, 1.82) is 0 Å². The van der Waals surface area contributed by atoms with E-state index in [1.807, 2.05) is 0 Å². The maximum absolute atomic E-state index is 13.8. The number of halogens is 3. The molecule has 0 N–H and O–H groups in total. The van der Waals surface area contributed by atoms with Gasteiger partial charge >= 0.3 is 0 Å². The summed E-state index contributed by atoms with van der Waals surface area (Å²) in [7, 11) is 0. The van der Waals surface area contributed by atoms with E-state index in [4.69, 9.17) is 23.2 Å². The standard InChI is InChI=1S/C14H18Cl2FN/c15-8-7-11-4-1-2-9-18(11)10-12-13(16)5-3-6-14(12)17/h3,5-6,11H,1-2,4,7-10H2. The minimum Gasteiger partial charge on any atom is -0.296 e. The van der Waals surface area contributed by atoms with Crippen molar-refractivity contribution >= 4 is 23.2 Å². The molecule has 0 aromatic heterocycles. The van der Waals surface area contributed by atoms with Crippen molar-refractivity contribution in [1.82, 2.24) is 4.90 Å². The van der Waals surface area contributed by atoms with Crippen molar-refractivity contribution in [2.45, 2.75) is 38.3 Å². The monoisotopic (exact) mass is 289 g/mol. The van der Waals surface area contributed by atoms with Crippen molar-refractivity contribution in [2.24, 2.45) is 0 Å². The molecule has 100 valence electrons. The minimum absolute atomic E-state index is 0.210. The van der Waals surface area contributed by atoms with Gasteiger partial charge in [0.2, 0.25) is 0 Å². The van der Waals surface area contributed by atoms with E-state index in [1.165, 1.54) is 18.9 Å². The summed E-state index contributed by atoms with van der Waals surface area (Å²) >= 11 is 11.9. The van der Waals surface area contributed by atoms with Crippen LogP contribution in [0.4, 0.5) is 4.39 Å². The Labute approximate surface area is 118 Å². The molecule has 1 atom stereocenters. The summed E-state index contributed by atoms with van der Waals surface area (Å²) < 4.78 is 13.8. The van der Waals surface area contributed by atoms with Crippen molar-refractivity contribution in [2.75, 3.05) is 12.4 Å². The molecule has 0 saturated carbocycles. The van der Waals surface area contributed by atoms with E-state index in [0.29, 0.717) is 29.1 Å². The fraction of sp³-hybridized carbons (Fsp3) is 0.571. The first-order chi connectivity index (χ1) is 8.72. The molecule has 4 heteroatoms. The number of likely N-dealkylation sites (tertiary alicyclic amines) is 1. The van der Waals surface area contributed by atoms with Gasteiger partial charge in [0.1, 0.15) is 5.82 Å². The molecule has 1 fully saturated rings. The first kappa shape index (κ1) is 14.1. The van der Waals surface area contributed by atoms with Gasteiger partial charge in [-0.2, -0.15) is 0 Å². The summed E-state index contributed by atoms with van der Waals surface area (Å²) in [5, 5.41) is 0.519. The topological polar surface area (TPSA) is 3.24 Å². The van der Waals surface area contributed by atoms with Crippen molar-refractivity contribution in [3.63, 3.8) is 0 Å². The molecule has 18 heavy (non-hydrogen) atoms. The van der Waals surface area contributed by atoms with E-state index in [9.17, 15) is 4.39 Å². The van der Waals surface area contributed by atoms with Crippen LogP contribution in [0.1, 0.15) is 31.2 Å². The summed E-state index contributed by atoms with van der Waals surface area (Å²) in [6.07, 6.45) is 4.53. The Morgan fingerprint density at radius 1 is 1.33 bits per heavy atom. The predicted molar refractivity (Wildman–Crippen MR) is 74.8 cm³/mol. The number of rotatable bonds is 4. The van der Waals surface area contributed by atoms with Gasteiger partial charge in [-0.1, -0.05) is 24.1 Å². The molecule has 2 rings (SSSR count). The Kier molecular flexibility index (Phi) is 5.28. The first-order valence-corrected chi connectivity index (χ1v) is 7.36. The van der Waals surface area contributed by atoms with Crippen LogP contribution >= 0.6 is 23.2 Å². The summed E-state index contributed by atoms with van der Waals surface area (Å²) in [6.45, 7) is 1.60. The highest BCUT2D eigenvalue weighted by atomic mass is 35.5. The third-order valence-electron chi connectivity index (χ3n) is 3.61. The lowest BCUT2D eigenvalue weighted by atomic mass is 9.99. The smallest absolute Gasteiger partial charge is 0.129 e. The maximum atomic E-state index is 13.8. The summed E-state index contributed by atoms with van der Waals surface area (Å²) in [5.41, 5.74) is 0.612. The van der Waals surface area contributed by atoms with Crippen LogP contribution < -0.4 is 0 Å². The first-order valence-electron chi connectivity index (χ1n) is 6.45. The molecule has 0 aliphatic carbocycles. The molecule has 1 aliphatic heterocycles. The van der Waals surface area contributed by atoms with Crippen LogP contribution in [0, 0.1) is 5.82 Å². The zero-order chi connectivity index (χ0) is 13.0. The Bertz CT molecular complexity index is 375. The summed E-state index contributed by atoms with van der Waals surface area (Å²) in [6, 6.07) is 5.34. The van der Waals surface area contributed by atoms with Gasteiger partial charge in [0, 0.05) is 29.1 Å². The summed E-state index contributed by atoms with van der Waals surface area (Å²) in [4.78, 5) is 2.32. The molecule has 1 heterocycles. The van der Waals surface area contributed by atoms with Crippen LogP contribution in [-0.2, 0) is 6.54 Å². The van der Waals surface area contributed by atoms with Crippen LogP contribution in [-0.4, -0.2) is 23.4 Å². The molecule has 1 aliphatic rings. The predicted octanol–water partition coefficient (Wildman–Crippen LogP) is 4.46. The van der Waals surface area contributed by atoms with Gasteiger partial charge < -0.3 is 0 Å². The third-order valence-corrected chi connectivity index (χ3v) is 4.19. The van der Waals surface area contributed by atoms with Crippen LogP contribution in [0.5, 0.6) is 0 Å². The molecule has 0 bridgehead atoms. The molecule has 0 radical (unpaired) electrons. The molecule has 1 aromatic rings. The van der Waals surface area contributed by atoms with Gasteiger partial charge in [0.25, 0.3) is 0 Å². The SMILES string of the molecule is Fc1cccc(Cl)c1CN1CCCCC1CCCl. The lowest BCUT2D eigenvalue weighted by molar-refractivity contribution is 0.135. The lowest BCUT2D eigenvalue weighted by Crippen LogP contribution is -2.39. The quantitative estimate of drug-likeness (QED) is 0.740. The number of hydrogen-bond donors (Lipinski definition) is 0. The van der Waals surface area contributed by atoms with Crippen LogP contribution in [0.25, 0.3) is 0 Å². The number of benzene rings is 1. The fourth-order valence-electron chi connectivity index (χ4n) is 2.61. The molecular formula is C14H18Cl2FN. The van der Waals surface area contributed by atoms with Gasteiger partial charge in [-0.25, -0.2) is 4.39 Å². The average molecular weight is 290 g/mol. The average Bonchev–Trinajstić information content (AvgIpc) is 2.36. The van der Waals surface area contributed by atoms with Gasteiger partial charge in [-0.15, -0.1) is 11.6 Å². The van der Waals surface area contributed by atoms with Crippen molar-refractivity contribution < 1.29 is 4.39 Å². The highest BCUT2D eigenvalue weighted by Gasteiger charge is 2.23. The number of hydrogen-bond acceptors (Lipinski definition) is 1. The van der Waals surface area contributed by atoms with Crippen molar-refractivity contribution in [3.8, 4) is 0 Å². The largest absolute Gasteiger partial charge is 0.296 e. The minimum atomic E-state index is -0.210. The molecule has 1 unspecified atom stereocenters. The summed E-state index contributed by atoms with van der Waals surface area (Å²) in [5.74, 6) is 0.448. The molecule has 0 spiro atoms. The second-order valence-electron chi connectivity index (χ2n) is 4.80. The highest BCUT2D eigenvalue weighted by molar-refractivity contribution is 6.31. The van der Waals surface area contributed by atoms with E-state index in [2.05, 4.69) is 4.90 Å². The van der Waals surface area contributed by atoms with E-state index >= 15 is 0 Å².